The van der Waals surface area contributed by atoms with Gasteiger partial charge in [0.05, 0.1) is 27.2 Å². The quantitative estimate of drug-likeness (QED) is 0.478. The van der Waals surface area contributed by atoms with E-state index >= 15 is 0 Å². The first-order valence-corrected chi connectivity index (χ1v) is 5.47. The minimum absolute atomic E-state index is 0.296. The van der Waals surface area contributed by atoms with Gasteiger partial charge in [-0.3, -0.25) is 0 Å². The Balaban J connectivity index is 4.38. The van der Waals surface area contributed by atoms with E-state index in [0.717, 1.165) is 0 Å². The lowest BCUT2D eigenvalue weighted by Gasteiger charge is -2.29. The molecule has 100 valence electrons. The summed E-state index contributed by atoms with van der Waals surface area (Å²) in [5.41, 5.74) is 0. The second-order valence-corrected chi connectivity index (χ2v) is 5.21. The van der Waals surface area contributed by atoms with Gasteiger partial charge in [-0.2, -0.15) is 0 Å². The number of carboxylic acid groups (broad SMARTS) is 1. The van der Waals surface area contributed by atoms with Crippen molar-refractivity contribution in [2.24, 2.45) is 0 Å². The summed E-state index contributed by atoms with van der Waals surface area (Å²) in [7, 11) is 5.62. The summed E-state index contributed by atoms with van der Waals surface area (Å²) in [6.07, 6.45) is -2.22. The molecular weight excluding hydrogens is 226 g/mol. The molecule has 0 rings (SSSR count). The molecule has 0 aromatic carbocycles. The van der Waals surface area contributed by atoms with Crippen molar-refractivity contribution in [3.8, 4) is 0 Å². The van der Waals surface area contributed by atoms with Crippen LogP contribution < -0.4 is 5.11 Å². The van der Waals surface area contributed by atoms with Gasteiger partial charge in [-0.05, 0) is 13.8 Å². The molecule has 0 aliphatic heterocycles. The van der Waals surface area contributed by atoms with Crippen LogP contribution in [-0.4, -0.2) is 56.5 Å². The number of nitrogens with zero attached hydrogens (tertiary/aromatic N) is 1. The summed E-state index contributed by atoms with van der Waals surface area (Å²) in [6.45, 7) is 3.75. The van der Waals surface area contributed by atoms with E-state index in [-0.39, 0.29) is 12.5 Å². The van der Waals surface area contributed by atoms with E-state index in [1.807, 2.05) is 21.1 Å². The molecule has 0 aliphatic carbocycles. The number of carbonyl (C=O) groups excluding carboxylic acids is 2. The Bertz CT molecular complexity index is 270. The number of carbonyl (C=O) groups is 2. The number of ether oxygens (including phenoxy) is 2. The maximum Gasteiger partial charge on any atom is 0.509 e. The third-order valence-electron chi connectivity index (χ3n) is 1.74. The molecule has 6 nitrogen and oxygen atoms in total. The first-order chi connectivity index (χ1) is 7.60. The number of carboxylic acids is 1. The van der Waals surface area contributed by atoms with Crippen LogP contribution in [0, 0.1) is 0 Å². The van der Waals surface area contributed by atoms with Crippen LogP contribution in [0.2, 0.25) is 0 Å². The third-order valence-corrected chi connectivity index (χ3v) is 1.74. The number of aliphatic carboxylic acids is 1. The third kappa shape index (κ3) is 9.62. The van der Waals surface area contributed by atoms with Crippen molar-refractivity contribution in [3.05, 3.63) is 0 Å². The Morgan fingerprint density at radius 1 is 1.18 bits per heavy atom. The predicted molar refractivity (Wildman–Crippen MR) is 59.0 cm³/mol. The van der Waals surface area contributed by atoms with Gasteiger partial charge in [0.2, 0.25) is 0 Å². The lowest BCUT2D eigenvalue weighted by atomic mass is 10.2. The van der Waals surface area contributed by atoms with Crippen LogP contribution in [0.5, 0.6) is 0 Å². The van der Waals surface area contributed by atoms with E-state index in [1.165, 1.54) is 0 Å². The number of hydrogen-bond acceptors (Lipinski definition) is 5. The highest BCUT2D eigenvalue weighted by atomic mass is 16.7. The number of rotatable bonds is 6. The molecule has 0 N–H and O–H groups in total. The van der Waals surface area contributed by atoms with Crippen LogP contribution in [0.4, 0.5) is 4.79 Å². The highest BCUT2D eigenvalue weighted by Gasteiger charge is 2.23. The Morgan fingerprint density at radius 3 is 2.06 bits per heavy atom. The van der Waals surface area contributed by atoms with Crippen molar-refractivity contribution in [2.45, 2.75) is 32.5 Å². The minimum atomic E-state index is -1.25. The summed E-state index contributed by atoms with van der Waals surface area (Å²) in [4.78, 5) is 21.8. The minimum Gasteiger partial charge on any atom is -0.550 e. The average Bonchev–Trinajstić information content (AvgIpc) is 1.95. The fourth-order valence-corrected chi connectivity index (χ4v) is 1.30. The van der Waals surface area contributed by atoms with Crippen LogP contribution in [0.25, 0.3) is 0 Å². The van der Waals surface area contributed by atoms with Crippen LogP contribution in [0.1, 0.15) is 20.3 Å². The topological polar surface area (TPSA) is 75.7 Å². The van der Waals surface area contributed by atoms with Gasteiger partial charge in [-0.25, -0.2) is 4.79 Å². The molecule has 0 radical (unpaired) electrons. The summed E-state index contributed by atoms with van der Waals surface area (Å²) >= 11 is 0. The molecule has 1 atom stereocenters. The maximum absolute atomic E-state index is 11.3. The first kappa shape index (κ1) is 15.7. The lowest BCUT2D eigenvalue weighted by molar-refractivity contribution is -0.873. The molecule has 0 heterocycles. The van der Waals surface area contributed by atoms with Gasteiger partial charge in [0.15, 0.2) is 6.10 Å². The van der Waals surface area contributed by atoms with Crippen LogP contribution in [0.3, 0.4) is 0 Å². The Hall–Kier alpha value is -1.30. The maximum atomic E-state index is 11.3. The van der Waals surface area contributed by atoms with Gasteiger partial charge in [0.25, 0.3) is 0 Å². The van der Waals surface area contributed by atoms with Gasteiger partial charge >= 0.3 is 6.16 Å². The summed E-state index contributed by atoms with van der Waals surface area (Å²) in [5.74, 6) is -1.25. The molecule has 0 aliphatic rings. The normalized spacial score (nSPS) is 13.3. The predicted octanol–water partition coefficient (Wildman–Crippen LogP) is -0.237. The molecule has 0 aromatic heterocycles. The molecular formula is C11H21NO5. The molecule has 0 unspecified atom stereocenters. The second-order valence-electron chi connectivity index (χ2n) is 5.21. The van der Waals surface area contributed by atoms with Gasteiger partial charge in [-0.15, -0.1) is 0 Å². The standard InChI is InChI=1S/C11H21NO5/c1-8(2)16-11(15)17-9(6-10(13)14)7-12(3,4)5/h8-9H,6-7H2,1-5H3/t9-/m0/s1. The summed E-state index contributed by atoms with van der Waals surface area (Å²) in [5, 5.41) is 10.5. The number of likely N-dealkylation sites (N-methyl/N-ethyl adjacent to an activating group) is 1. The number of hydrogen-bond donors (Lipinski definition) is 0. The van der Waals surface area contributed by atoms with Crippen molar-refractivity contribution in [1.82, 2.24) is 0 Å². The van der Waals surface area contributed by atoms with Crippen molar-refractivity contribution >= 4 is 12.1 Å². The first-order valence-electron chi connectivity index (χ1n) is 5.47. The van der Waals surface area contributed by atoms with Crippen LogP contribution in [-0.2, 0) is 14.3 Å². The average molecular weight is 247 g/mol. The van der Waals surface area contributed by atoms with Crippen molar-refractivity contribution in [3.63, 3.8) is 0 Å². The molecule has 6 heteroatoms. The molecule has 0 spiro atoms. The van der Waals surface area contributed by atoms with Crippen molar-refractivity contribution < 1.29 is 28.7 Å². The number of quaternary nitrogens is 1. The summed E-state index contributed by atoms with van der Waals surface area (Å²) < 4.78 is 10.2. The Kier molecular flexibility index (Phi) is 5.95. The zero-order valence-corrected chi connectivity index (χ0v) is 11.1. The zero-order chi connectivity index (χ0) is 13.6. The van der Waals surface area contributed by atoms with E-state index in [1.54, 1.807) is 13.8 Å². The molecule has 0 aromatic rings. The SMILES string of the molecule is CC(C)OC(=O)O[C@@H](CC(=O)[O-])C[N+](C)(C)C. The molecule has 0 bridgehead atoms. The van der Waals surface area contributed by atoms with E-state index in [4.69, 9.17) is 9.47 Å². The highest BCUT2D eigenvalue weighted by Crippen LogP contribution is 2.06. The monoisotopic (exact) mass is 247 g/mol. The zero-order valence-electron chi connectivity index (χ0n) is 11.1. The van der Waals surface area contributed by atoms with Crippen LogP contribution >= 0.6 is 0 Å². The smallest absolute Gasteiger partial charge is 0.509 e. The van der Waals surface area contributed by atoms with E-state index in [9.17, 15) is 14.7 Å². The summed E-state index contributed by atoms with van der Waals surface area (Å²) in [6, 6.07) is 0. The molecule has 0 saturated carbocycles. The van der Waals surface area contributed by atoms with Gasteiger partial charge < -0.3 is 23.9 Å². The lowest BCUT2D eigenvalue weighted by Crippen LogP contribution is -2.45. The van der Waals surface area contributed by atoms with Gasteiger partial charge in [-0.1, -0.05) is 0 Å². The van der Waals surface area contributed by atoms with Crippen LogP contribution in [0.15, 0.2) is 0 Å². The molecule has 0 saturated heterocycles. The Morgan fingerprint density at radius 2 is 1.71 bits per heavy atom. The van der Waals surface area contributed by atoms with E-state index in [0.29, 0.717) is 11.0 Å². The molecule has 0 amide bonds. The van der Waals surface area contributed by atoms with Gasteiger partial charge in [0, 0.05) is 12.4 Å². The van der Waals surface area contributed by atoms with E-state index < -0.39 is 18.2 Å². The molecule has 17 heavy (non-hydrogen) atoms. The second kappa shape index (κ2) is 6.44. The molecule has 0 fully saturated rings. The van der Waals surface area contributed by atoms with Crippen molar-refractivity contribution in [1.29, 1.82) is 0 Å². The van der Waals surface area contributed by atoms with E-state index in [2.05, 4.69) is 0 Å². The highest BCUT2D eigenvalue weighted by molar-refractivity contribution is 5.66. The van der Waals surface area contributed by atoms with Gasteiger partial charge in [0.1, 0.15) is 6.54 Å². The largest absolute Gasteiger partial charge is 0.550 e. The fraction of sp³-hybridized carbons (Fsp3) is 0.818. The fourth-order valence-electron chi connectivity index (χ4n) is 1.30. The Labute approximate surface area is 102 Å². The van der Waals surface area contributed by atoms with Crippen molar-refractivity contribution in [2.75, 3.05) is 27.7 Å².